The Balaban J connectivity index is 1.56. The van der Waals surface area contributed by atoms with Crippen LogP contribution < -0.4 is 5.32 Å². The zero-order valence-electron chi connectivity index (χ0n) is 15.0. The summed E-state index contributed by atoms with van der Waals surface area (Å²) in [7, 11) is 0. The maximum Gasteiger partial charge on any atom is 0.335 e. The molecule has 10 heteroatoms. The van der Waals surface area contributed by atoms with Crippen molar-refractivity contribution in [3.05, 3.63) is 74.8 Å². The normalized spacial score (nSPS) is 12.6. The third-order valence-electron chi connectivity index (χ3n) is 4.42. The van der Waals surface area contributed by atoms with Gasteiger partial charge in [0.2, 0.25) is 5.91 Å². The number of nitro groups is 1. The van der Waals surface area contributed by atoms with Crippen molar-refractivity contribution in [1.29, 1.82) is 0 Å². The number of fused-ring (bicyclic) bond motifs is 1. The summed E-state index contributed by atoms with van der Waals surface area (Å²) in [4.78, 5) is 58.6. The molecule has 29 heavy (non-hydrogen) atoms. The summed E-state index contributed by atoms with van der Waals surface area (Å²) < 4.78 is 0. The van der Waals surface area contributed by atoms with Crippen molar-refractivity contribution in [1.82, 2.24) is 10.2 Å². The van der Waals surface area contributed by atoms with Crippen LogP contribution >= 0.6 is 0 Å². The first-order valence-corrected chi connectivity index (χ1v) is 8.51. The number of carbonyl (C=O) groups is 4. The van der Waals surface area contributed by atoms with Crippen LogP contribution in [0.5, 0.6) is 0 Å². The minimum Gasteiger partial charge on any atom is -0.478 e. The molecule has 0 saturated carbocycles. The molecule has 2 N–H and O–H groups in total. The topological polar surface area (TPSA) is 147 Å². The first kappa shape index (κ1) is 19.7. The number of hydrogen-bond donors (Lipinski definition) is 2. The Morgan fingerprint density at radius 3 is 2.31 bits per heavy atom. The second-order valence-electron chi connectivity index (χ2n) is 6.28. The van der Waals surface area contributed by atoms with E-state index in [9.17, 15) is 29.3 Å². The average Bonchev–Trinajstić information content (AvgIpc) is 2.94. The van der Waals surface area contributed by atoms with Crippen LogP contribution in [0.2, 0.25) is 0 Å². The molecule has 1 heterocycles. The molecule has 2 aromatic rings. The zero-order chi connectivity index (χ0) is 21.1. The van der Waals surface area contributed by atoms with Gasteiger partial charge in [-0.3, -0.25) is 29.4 Å². The van der Waals surface area contributed by atoms with E-state index in [2.05, 4.69) is 5.32 Å². The number of aromatic carboxylic acids is 1. The molecule has 2 aromatic carbocycles. The van der Waals surface area contributed by atoms with Crippen molar-refractivity contribution >= 4 is 29.4 Å². The van der Waals surface area contributed by atoms with E-state index in [-0.39, 0.29) is 41.9 Å². The summed E-state index contributed by atoms with van der Waals surface area (Å²) in [5.74, 6) is -2.73. The SMILES string of the molecule is O=C(CCN1C(=O)c2ccc([N+](=O)[O-])cc2C1=O)NCc1ccc(C(=O)O)cc1. The Labute approximate surface area is 163 Å². The van der Waals surface area contributed by atoms with Gasteiger partial charge in [0.25, 0.3) is 17.5 Å². The lowest BCUT2D eigenvalue weighted by molar-refractivity contribution is -0.384. The standard InChI is InChI=1S/C19H15N3O7/c23-16(20-10-11-1-3-12(4-2-11)19(26)27)7-8-21-17(24)14-6-5-13(22(28)29)9-15(14)18(21)25/h1-6,9H,7-8,10H2,(H,20,23)(H,26,27). The van der Waals surface area contributed by atoms with Crippen LogP contribution in [0.3, 0.4) is 0 Å². The summed E-state index contributed by atoms with van der Waals surface area (Å²) in [6.07, 6.45) is -0.138. The molecule has 0 spiro atoms. The lowest BCUT2D eigenvalue weighted by Gasteiger charge is -2.13. The summed E-state index contributed by atoms with van der Waals surface area (Å²) in [6, 6.07) is 9.41. The highest BCUT2D eigenvalue weighted by molar-refractivity contribution is 6.21. The number of imide groups is 1. The molecule has 0 fully saturated rings. The van der Waals surface area contributed by atoms with Crippen molar-refractivity contribution in [3.8, 4) is 0 Å². The molecule has 0 bridgehead atoms. The number of benzene rings is 2. The largest absolute Gasteiger partial charge is 0.478 e. The van der Waals surface area contributed by atoms with Gasteiger partial charge < -0.3 is 10.4 Å². The fourth-order valence-electron chi connectivity index (χ4n) is 2.86. The monoisotopic (exact) mass is 397 g/mol. The molecule has 0 radical (unpaired) electrons. The van der Waals surface area contributed by atoms with Crippen LogP contribution in [-0.4, -0.2) is 45.2 Å². The van der Waals surface area contributed by atoms with Gasteiger partial charge >= 0.3 is 5.97 Å². The third-order valence-corrected chi connectivity index (χ3v) is 4.42. The second-order valence-corrected chi connectivity index (χ2v) is 6.28. The third kappa shape index (κ3) is 4.10. The van der Waals surface area contributed by atoms with Crippen molar-refractivity contribution < 1.29 is 29.2 Å². The van der Waals surface area contributed by atoms with Gasteiger partial charge in [-0.05, 0) is 23.8 Å². The number of carbonyl (C=O) groups excluding carboxylic acids is 3. The highest BCUT2D eigenvalue weighted by Crippen LogP contribution is 2.26. The fraction of sp³-hybridized carbons (Fsp3) is 0.158. The number of nitrogens with one attached hydrogen (secondary N) is 1. The number of hydrogen-bond acceptors (Lipinski definition) is 6. The Morgan fingerprint density at radius 1 is 1.03 bits per heavy atom. The number of rotatable bonds is 7. The quantitative estimate of drug-likeness (QED) is 0.410. The molecule has 148 valence electrons. The minimum absolute atomic E-state index is 0.0527. The van der Waals surface area contributed by atoms with E-state index in [1.807, 2.05) is 0 Å². The molecule has 0 atom stereocenters. The van der Waals surface area contributed by atoms with E-state index < -0.39 is 28.6 Å². The van der Waals surface area contributed by atoms with Crippen LogP contribution in [0.1, 0.15) is 43.1 Å². The van der Waals surface area contributed by atoms with E-state index in [4.69, 9.17) is 5.11 Å². The van der Waals surface area contributed by atoms with Gasteiger partial charge in [-0.25, -0.2) is 4.79 Å². The second kappa shape index (κ2) is 7.89. The number of carboxylic acids is 1. The molecular formula is C19H15N3O7. The lowest BCUT2D eigenvalue weighted by atomic mass is 10.1. The summed E-state index contributed by atoms with van der Waals surface area (Å²) in [5.41, 5.74) is 0.545. The molecule has 0 saturated heterocycles. The molecule has 10 nitrogen and oxygen atoms in total. The van der Waals surface area contributed by atoms with Crippen molar-refractivity contribution in [2.24, 2.45) is 0 Å². The van der Waals surface area contributed by atoms with E-state index in [1.54, 1.807) is 12.1 Å². The van der Waals surface area contributed by atoms with Crippen molar-refractivity contribution in [2.75, 3.05) is 6.54 Å². The van der Waals surface area contributed by atoms with Crippen LogP contribution in [0.15, 0.2) is 42.5 Å². The number of amides is 3. The minimum atomic E-state index is -1.05. The number of nitrogens with zero attached hydrogens (tertiary/aromatic N) is 2. The van der Waals surface area contributed by atoms with E-state index in [1.165, 1.54) is 18.2 Å². The fourth-order valence-corrected chi connectivity index (χ4v) is 2.86. The van der Waals surface area contributed by atoms with Gasteiger partial charge in [0, 0.05) is 31.6 Å². The maximum atomic E-state index is 12.4. The summed E-state index contributed by atoms with van der Waals surface area (Å²) in [6.45, 7) is -0.00300. The Morgan fingerprint density at radius 2 is 1.69 bits per heavy atom. The van der Waals surface area contributed by atoms with Gasteiger partial charge in [-0.15, -0.1) is 0 Å². The lowest BCUT2D eigenvalue weighted by Crippen LogP contribution is -2.34. The maximum absolute atomic E-state index is 12.4. The zero-order valence-corrected chi connectivity index (χ0v) is 15.0. The highest BCUT2D eigenvalue weighted by Gasteiger charge is 2.36. The molecule has 0 aliphatic carbocycles. The van der Waals surface area contributed by atoms with E-state index >= 15 is 0 Å². The molecule has 0 unspecified atom stereocenters. The predicted octanol–water partition coefficient (Wildman–Crippen LogP) is 1.60. The van der Waals surface area contributed by atoms with Gasteiger partial charge in [0.1, 0.15) is 0 Å². The molecule has 3 rings (SSSR count). The number of carboxylic acid groups (broad SMARTS) is 1. The van der Waals surface area contributed by atoms with E-state index in [0.29, 0.717) is 5.56 Å². The van der Waals surface area contributed by atoms with Gasteiger partial charge in [-0.2, -0.15) is 0 Å². The van der Waals surface area contributed by atoms with E-state index in [0.717, 1.165) is 17.0 Å². The molecule has 3 amide bonds. The first-order valence-electron chi connectivity index (χ1n) is 8.51. The molecule has 1 aliphatic heterocycles. The summed E-state index contributed by atoms with van der Waals surface area (Å²) in [5, 5.41) is 22.3. The highest BCUT2D eigenvalue weighted by atomic mass is 16.6. The predicted molar refractivity (Wildman–Crippen MR) is 98.3 cm³/mol. The van der Waals surface area contributed by atoms with Crippen LogP contribution in [0.4, 0.5) is 5.69 Å². The Bertz CT molecular complexity index is 1030. The molecule has 0 aromatic heterocycles. The van der Waals surface area contributed by atoms with Crippen LogP contribution in [0.25, 0.3) is 0 Å². The summed E-state index contributed by atoms with van der Waals surface area (Å²) >= 11 is 0. The Kier molecular flexibility index (Phi) is 5.35. The average molecular weight is 397 g/mol. The van der Waals surface area contributed by atoms with Crippen molar-refractivity contribution in [2.45, 2.75) is 13.0 Å². The number of nitro benzene ring substituents is 1. The molecule has 1 aliphatic rings. The smallest absolute Gasteiger partial charge is 0.335 e. The van der Waals surface area contributed by atoms with Crippen molar-refractivity contribution in [3.63, 3.8) is 0 Å². The van der Waals surface area contributed by atoms with Gasteiger partial charge in [0.15, 0.2) is 0 Å². The number of non-ortho nitro benzene ring substituents is 1. The Hall–Kier alpha value is -4.08. The van der Waals surface area contributed by atoms with Gasteiger partial charge in [0.05, 0.1) is 21.6 Å². The van der Waals surface area contributed by atoms with Crippen LogP contribution in [0, 0.1) is 10.1 Å². The molecular weight excluding hydrogens is 382 g/mol. The first-order chi connectivity index (χ1) is 13.8. The van der Waals surface area contributed by atoms with Gasteiger partial charge in [-0.1, -0.05) is 12.1 Å². The van der Waals surface area contributed by atoms with Crippen LogP contribution in [-0.2, 0) is 11.3 Å².